The van der Waals surface area contributed by atoms with Crippen molar-refractivity contribution in [2.45, 2.75) is 10.6 Å². The molecule has 1 aromatic heterocycles. The van der Waals surface area contributed by atoms with E-state index in [-0.39, 0.29) is 17.0 Å². The summed E-state index contributed by atoms with van der Waals surface area (Å²) in [5.74, 6) is 0.788. The Balaban J connectivity index is 1.97. The second-order valence-electron chi connectivity index (χ2n) is 3.94. The van der Waals surface area contributed by atoms with Crippen molar-refractivity contribution in [1.82, 2.24) is 9.71 Å². The fourth-order valence-electron chi connectivity index (χ4n) is 1.91. The first-order chi connectivity index (χ1) is 8.74. The minimum Gasteiger partial charge on any atom is -0.265 e. The molecule has 0 spiro atoms. The van der Waals surface area contributed by atoms with Gasteiger partial charge in [0.25, 0.3) is 5.91 Å². The van der Waals surface area contributed by atoms with Crippen LogP contribution in [0, 0.1) is 0 Å². The molecule has 0 aliphatic carbocycles. The van der Waals surface area contributed by atoms with Gasteiger partial charge < -0.3 is 0 Å². The molecule has 0 radical (unpaired) electrons. The molecular weight excluding hydrogens is 268 g/mol. The summed E-state index contributed by atoms with van der Waals surface area (Å²) >= 11 is 5.55. The minimum atomic E-state index is -0.334. The summed E-state index contributed by atoms with van der Waals surface area (Å²) < 4.78 is 3.02. The molecule has 5 heteroatoms. The topological polar surface area (TPSA) is 42.0 Å². The number of hydrogen-bond acceptors (Lipinski definition) is 2. The van der Waals surface area contributed by atoms with Gasteiger partial charge in [0, 0.05) is 23.9 Å². The fourth-order valence-corrected chi connectivity index (χ4v) is 3.88. The van der Waals surface area contributed by atoms with Crippen molar-refractivity contribution in [2.24, 2.45) is 0 Å². The largest absolute Gasteiger partial charge is 0.292 e. The van der Waals surface area contributed by atoms with E-state index in [1.54, 1.807) is 12.3 Å². The molecule has 1 unspecified atom stereocenters. The summed E-state index contributed by atoms with van der Waals surface area (Å²) in [6, 6.07) is 11.4. The van der Waals surface area contributed by atoms with Gasteiger partial charge in [-0.3, -0.25) is 4.79 Å². The van der Waals surface area contributed by atoms with Gasteiger partial charge in [0.1, 0.15) is 16.2 Å². The SMILES string of the molecule is O=C1N[S+](c2ccnc(Cl)c2)Cc2ccccc21. The summed E-state index contributed by atoms with van der Waals surface area (Å²) in [5.41, 5.74) is 1.85. The zero-order valence-electron chi connectivity index (χ0n) is 9.39. The third kappa shape index (κ3) is 2.09. The Kier molecular flexibility index (Phi) is 2.97. The van der Waals surface area contributed by atoms with Gasteiger partial charge in [-0.15, -0.1) is 0 Å². The number of rotatable bonds is 1. The van der Waals surface area contributed by atoms with Crippen LogP contribution in [0.1, 0.15) is 15.9 Å². The molecule has 1 N–H and O–H groups in total. The van der Waals surface area contributed by atoms with E-state index < -0.39 is 0 Å². The molecule has 0 bridgehead atoms. The second-order valence-corrected chi connectivity index (χ2v) is 6.07. The Morgan fingerprint density at radius 2 is 2.11 bits per heavy atom. The van der Waals surface area contributed by atoms with Crippen molar-refractivity contribution in [3.8, 4) is 0 Å². The molecule has 90 valence electrons. The number of pyridine rings is 1. The number of carbonyl (C=O) groups excluding carboxylic acids is 1. The number of amides is 1. The van der Waals surface area contributed by atoms with Gasteiger partial charge in [-0.25, -0.2) is 4.98 Å². The number of fused-ring (bicyclic) bond motifs is 1. The predicted octanol–water partition coefficient (Wildman–Crippen LogP) is 2.57. The lowest BCUT2D eigenvalue weighted by atomic mass is 10.1. The quantitative estimate of drug-likeness (QED) is 0.643. The lowest BCUT2D eigenvalue weighted by Crippen LogP contribution is -2.37. The van der Waals surface area contributed by atoms with Crippen LogP contribution in [-0.4, -0.2) is 10.9 Å². The van der Waals surface area contributed by atoms with Crippen molar-refractivity contribution in [1.29, 1.82) is 0 Å². The summed E-state index contributed by atoms with van der Waals surface area (Å²) in [6.45, 7) is 0. The molecule has 1 aliphatic heterocycles. The van der Waals surface area contributed by atoms with Crippen LogP contribution in [0.4, 0.5) is 0 Å². The van der Waals surface area contributed by atoms with Crippen LogP contribution in [0.5, 0.6) is 0 Å². The molecule has 0 saturated heterocycles. The first-order valence-electron chi connectivity index (χ1n) is 5.45. The molecule has 0 saturated carbocycles. The highest BCUT2D eigenvalue weighted by Gasteiger charge is 2.33. The highest BCUT2D eigenvalue weighted by Crippen LogP contribution is 2.24. The van der Waals surface area contributed by atoms with Crippen molar-refractivity contribution >= 4 is 28.6 Å². The zero-order chi connectivity index (χ0) is 12.5. The molecule has 2 aromatic rings. The van der Waals surface area contributed by atoms with E-state index in [1.807, 2.05) is 30.3 Å². The van der Waals surface area contributed by atoms with Crippen LogP contribution in [0.2, 0.25) is 5.15 Å². The van der Waals surface area contributed by atoms with Gasteiger partial charge >= 0.3 is 0 Å². The third-order valence-corrected chi connectivity index (χ3v) is 4.82. The summed E-state index contributed by atoms with van der Waals surface area (Å²) in [5, 5.41) is 0.452. The molecule has 18 heavy (non-hydrogen) atoms. The number of carbonyl (C=O) groups is 1. The lowest BCUT2D eigenvalue weighted by Gasteiger charge is -2.16. The minimum absolute atomic E-state index is 0.0203. The van der Waals surface area contributed by atoms with E-state index in [2.05, 4.69) is 9.71 Å². The summed E-state index contributed by atoms with van der Waals surface area (Å²) in [6.07, 6.45) is 1.66. The monoisotopic (exact) mass is 277 g/mol. The molecule has 1 atom stereocenters. The van der Waals surface area contributed by atoms with Crippen LogP contribution in [0.25, 0.3) is 0 Å². The van der Waals surface area contributed by atoms with Crippen LogP contribution in [0.3, 0.4) is 0 Å². The van der Waals surface area contributed by atoms with Crippen LogP contribution in [0.15, 0.2) is 47.5 Å². The Hall–Kier alpha value is -1.52. The van der Waals surface area contributed by atoms with E-state index in [9.17, 15) is 4.79 Å². The third-order valence-electron chi connectivity index (χ3n) is 2.76. The van der Waals surface area contributed by atoms with Crippen molar-refractivity contribution < 1.29 is 4.79 Å². The maximum absolute atomic E-state index is 12.0. The molecule has 3 nitrogen and oxygen atoms in total. The van der Waals surface area contributed by atoms with E-state index in [4.69, 9.17) is 11.6 Å². The Morgan fingerprint density at radius 1 is 1.28 bits per heavy atom. The Morgan fingerprint density at radius 3 is 2.94 bits per heavy atom. The van der Waals surface area contributed by atoms with Gasteiger partial charge in [0.15, 0.2) is 10.6 Å². The van der Waals surface area contributed by atoms with Crippen molar-refractivity contribution in [3.05, 3.63) is 58.9 Å². The number of aromatic nitrogens is 1. The van der Waals surface area contributed by atoms with Gasteiger partial charge in [-0.1, -0.05) is 29.8 Å². The van der Waals surface area contributed by atoms with Gasteiger partial charge in [0.05, 0.1) is 5.56 Å². The van der Waals surface area contributed by atoms with E-state index >= 15 is 0 Å². The van der Waals surface area contributed by atoms with Crippen LogP contribution in [-0.2, 0) is 16.8 Å². The Bertz CT molecular complexity index is 617. The molecule has 2 heterocycles. The lowest BCUT2D eigenvalue weighted by molar-refractivity contribution is 0.0980. The number of hydrogen-bond donors (Lipinski definition) is 1. The van der Waals surface area contributed by atoms with Crippen molar-refractivity contribution in [2.75, 3.05) is 0 Å². The molecule has 1 aliphatic rings. The molecule has 0 fully saturated rings. The molecule has 3 rings (SSSR count). The number of halogens is 1. The average molecular weight is 278 g/mol. The standard InChI is InChI=1S/C13H9ClN2OS/c14-12-7-10(5-6-15-12)18-8-9-3-1-2-4-11(9)13(17)16-18/h1-7H,8H2/p+1. The highest BCUT2D eigenvalue weighted by atomic mass is 35.5. The first kappa shape index (κ1) is 11.6. The second kappa shape index (κ2) is 4.63. The van der Waals surface area contributed by atoms with Crippen LogP contribution < -0.4 is 4.72 Å². The smallest absolute Gasteiger partial charge is 0.265 e. The van der Waals surface area contributed by atoms with Gasteiger partial charge in [0.2, 0.25) is 0 Å². The van der Waals surface area contributed by atoms with Crippen molar-refractivity contribution in [3.63, 3.8) is 0 Å². The maximum atomic E-state index is 12.0. The van der Waals surface area contributed by atoms with Crippen LogP contribution >= 0.6 is 11.6 Å². The van der Waals surface area contributed by atoms with E-state index in [0.717, 1.165) is 21.8 Å². The van der Waals surface area contributed by atoms with Gasteiger partial charge in [-0.2, -0.15) is 4.72 Å². The van der Waals surface area contributed by atoms with E-state index in [0.29, 0.717) is 5.15 Å². The first-order valence-corrected chi connectivity index (χ1v) is 7.22. The number of benzene rings is 1. The highest BCUT2D eigenvalue weighted by molar-refractivity contribution is 7.95. The predicted molar refractivity (Wildman–Crippen MR) is 72.5 cm³/mol. The maximum Gasteiger partial charge on any atom is 0.292 e. The van der Waals surface area contributed by atoms with Gasteiger partial charge in [-0.05, 0) is 6.07 Å². The van der Waals surface area contributed by atoms with E-state index in [1.165, 1.54) is 0 Å². The molecule has 1 amide bonds. The number of nitrogens with one attached hydrogen (secondary N) is 1. The molecular formula is C13H10ClN2OS+. The summed E-state index contributed by atoms with van der Waals surface area (Å²) in [7, 11) is 0. The fraction of sp³-hybridized carbons (Fsp3) is 0.0769. The Labute approximate surface area is 113 Å². The molecule has 1 aromatic carbocycles. The number of nitrogens with zero attached hydrogens (tertiary/aromatic N) is 1. The zero-order valence-corrected chi connectivity index (χ0v) is 11.0. The normalized spacial score (nSPS) is 18.1. The average Bonchev–Trinajstić information content (AvgIpc) is 2.39. The summed E-state index contributed by atoms with van der Waals surface area (Å²) in [4.78, 5) is 17.0.